The molecular formula is C37H44. The maximum Gasteiger partial charge on any atom is -0.0143 e. The van der Waals surface area contributed by atoms with Crippen molar-refractivity contribution < 1.29 is 0 Å². The van der Waals surface area contributed by atoms with E-state index < -0.39 is 0 Å². The van der Waals surface area contributed by atoms with E-state index in [2.05, 4.69) is 137 Å². The van der Waals surface area contributed by atoms with Crippen LogP contribution in [0.2, 0.25) is 0 Å². The SMILES string of the molecule is C.C.C.CC(C)c1c2ccccc2cc2ccccc12.CC(C)c1cccc2cc3ccccc3cc12. The van der Waals surface area contributed by atoms with Crippen molar-refractivity contribution in [2.75, 3.05) is 0 Å². The fourth-order valence-electron chi connectivity index (χ4n) is 5.17. The second-order valence-electron chi connectivity index (χ2n) is 9.81. The minimum Gasteiger partial charge on any atom is -0.0776 e. The molecule has 0 fully saturated rings. The van der Waals surface area contributed by atoms with Gasteiger partial charge in [0.25, 0.3) is 0 Å². The second-order valence-corrected chi connectivity index (χ2v) is 9.81. The van der Waals surface area contributed by atoms with Gasteiger partial charge in [-0.3, -0.25) is 0 Å². The Morgan fingerprint density at radius 3 is 1.30 bits per heavy atom. The third-order valence-electron chi connectivity index (χ3n) is 6.79. The van der Waals surface area contributed by atoms with Crippen LogP contribution in [0.5, 0.6) is 0 Å². The molecule has 0 aromatic heterocycles. The van der Waals surface area contributed by atoms with Crippen molar-refractivity contribution in [1.29, 1.82) is 0 Å². The van der Waals surface area contributed by atoms with E-state index in [1.54, 1.807) is 0 Å². The number of hydrogen-bond donors (Lipinski definition) is 0. The molecule has 0 aliphatic carbocycles. The van der Waals surface area contributed by atoms with Gasteiger partial charge in [0.15, 0.2) is 0 Å². The molecule has 0 heteroatoms. The van der Waals surface area contributed by atoms with Gasteiger partial charge in [0.05, 0.1) is 0 Å². The molecule has 0 atom stereocenters. The summed E-state index contributed by atoms with van der Waals surface area (Å²) in [5, 5.41) is 10.8. The molecule has 6 aromatic rings. The summed E-state index contributed by atoms with van der Waals surface area (Å²) in [6.07, 6.45) is 0. The van der Waals surface area contributed by atoms with Gasteiger partial charge in [0.1, 0.15) is 0 Å². The minimum absolute atomic E-state index is 0. The molecule has 0 saturated carbocycles. The van der Waals surface area contributed by atoms with Crippen LogP contribution in [-0.2, 0) is 0 Å². The molecule has 0 heterocycles. The summed E-state index contributed by atoms with van der Waals surface area (Å²) in [4.78, 5) is 0. The van der Waals surface area contributed by atoms with E-state index >= 15 is 0 Å². The van der Waals surface area contributed by atoms with Gasteiger partial charge < -0.3 is 0 Å². The highest BCUT2D eigenvalue weighted by Crippen LogP contribution is 2.33. The van der Waals surface area contributed by atoms with E-state index in [1.807, 2.05) is 0 Å². The Labute approximate surface area is 225 Å². The van der Waals surface area contributed by atoms with Crippen molar-refractivity contribution in [3.8, 4) is 0 Å². The van der Waals surface area contributed by atoms with Gasteiger partial charge in [-0.25, -0.2) is 0 Å². The minimum atomic E-state index is 0. The second kappa shape index (κ2) is 12.5. The van der Waals surface area contributed by atoms with Gasteiger partial charge >= 0.3 is 0 Å². The lowest BCUT2D eigenvalue weighted by Gasteiger charge is -2.14. The van der Waals surface area contributed by atoms with Gasteiger partial charge in [0, 0.05) is 0 Å². The lowest BCUT2D eigenvalue weighted by atomic mass is 9.90. The fourth-order valence-corrected chi connectivity index (χ4v) is 5.17. The molecule has 0 N–H and O–H groups in total. The average Bonchev–Trinajstić information content (AvgIpc) is 2.85. The number of fused-ring (bicyclic) bond motifs is 4. The molecule has 37 heavy (non-hydrogen) atoms. The number of hydrogen-bond acceptors (Lipinski definition) is 0. The molecule has 0 radical (unpaired) electrons. The molecule has 192 valence electrons. The highest BCUT2D eigenvalue weighted by Gasteiger charge is 2.10. The summed E-state index contributed by atoms with van der Waals surface area (Å²) in [5.74, 6) is 1.12. The number of rotatable bonds is 2. The highest BCUT2D eigenvalue weighted by molar-refractivity contribution is 6.03. The van der Waals surface area contributed by atoms with Crippen LogP contribution < -0.4 is 0 Å². The Morgan fingerprint density at radius 1 is 0.378 bits per heavy atom. The van der Waals surface area contributed by atoms with E-state index in [4.69, 9.17) is 0 Å². The van der Waals surface area contributed by atoms with Crippen LogP contribution in [0.25, 0.3) is 43.1 Å². The van der Waals surface area contributed by atoms with Crippen molar-refractivity contribution in [2.45, 2.75) is 61.8 Å². The average molecular weight is 489 g/mol. The molecule has 0 amide bonds. The Hall–Kier alpha value is -3.64. The summed E-state index contributed by atoms with van der Waals surface area (Å²) in [6.45, 7) is 9.05. The van der Waals surface area contributed by atoms with E-state index in [9.17, 15) is 0 Å². The van der Waals surface area contributed by atoms with Crippen molar-refractivity contribution in [3.63, 3.8) is 0 Å². The first-order chi connectivity index (χ1) is 16.5. The van der Waals surface area contributed by atoms with Crippen molar-refractivity contribution >= 4 is 43.1 Å². The van der Waals surface area contributed by atoms with Gasteiger partial charge in [-0.15, -0.1) is 0 Å². The van der Waals surface area contributed by atoms with Gasteiger partial charge in [-0.1, -0.05) is 141 Å². The predicted octanol–water partition coefficient (Wildman–Crippen LogP) is 12.1. The summed E-state index contributed by atoms with van der Waals surface area (Å²) in [6, 6.07) is 39.4. The molecular weight excluding hydrogens is 444 g/mol. The topological polar surface area (TPSA) is 0 Å². The summed E-state index contributed by atoms with van der Waals surface area (Å²) >= 11 is 0. The quantitative estimate of drug-likeness (QED) is 0.213. The first kappa shape index (κ1) is 29.6. The molecule has 0 bridgehead atoms. The summed E-state index contributed by atoms with van der Waals surface area (Å²) < 4.78 is 0. The molecule has 0 aliphatic rings. The molecule has 0 aliphatic heterocycles. The van der Waals surface area contributed by atoms with E-state index in [0.717, 1.165) is 0 Å². The van der Waals surface area contributed by atoms with Crippen LogP contribution in [0.3, 0.4) is 0 Å². The molecule has 0 unspecified atom stereocenters. The van der Waals surface area contributed by atoms with Crippen LogP contribution in [0.1, 0.15) is 72.9 Å². The summed E-state index contributed by atoms with van der Waals surface area (Å²) in [5.41, 5.74) is 2.91. The first-order valence-corrected chi connectivity index (χ1v) is 12.3. The van der Waals surface area contributed by atoms with E-state index in [1.165, 1.54) is 54.2 Å². The fraction of sp³-hybridized carbons (Fsp3) is 0.243. The Kier molecular flexibility index (Phi) is 10.0. The van der Waals surface area contributed by atoms with E-state index in [-0.39, 0.29) is 22.3 Å². The Morgan fingerprint density at radius 2 is 0.784 bits per heavy atom. The zero-order valence-corrected chi connectivity index (χ0v) is 20.5. The van der Waals surface area contributed by atoms with Crippen LogP contribution in [0.4, 0.5) is 0 Å². The maximum absolute atomic E-state index is 2.32. The Balaban J connectivity index is 0.000000241. The largest absolute Gasteiger partial charge is 0.0776 e. The van der Waals surface area contributed by atoms with Crippen LogP contribution in [0.15, 0.2) is 109 Å². The third-order valence-corrected chi connectivity index (χ3v) is 6.79. The van der Waals surface area contributed by atoms with E-state index in [0.29, 0.717) is 11.8 Å². The van der Waals surface area contributed by atoms with Gasteiger partial charge in [0.2, 0.25) is 0 Å². The van der Waals surface area contributed by atoms with Crippen LogP contribution in [0, 0.1) is 0 Å². The van der Waals surface area contributed by atoms with Gasteiger partial charge in [-0.05, 0) is 84.3 Å². The standard InChI is InChI=1S/2C17H16.3CH4/c1-12(2)17-15-9-5-3-7-13(15)11-14-8-4-6-10-16(14)17;1-12(2)16-9-5-8-15-10-13-6-3-4-7-14(13)11-17(15)16;;;/h2*3-12H,1-2H3;3*1H4. The normalized spacial score (nSPS) is 10.5. The maximum atomic E-state index is 2.32. The highest BCUT2D eigenvalue weighted by atomic mass is 14.1. The molecule has 0 nitrogen and oxygen atoms in total. The molecule has 0 saturated heterocycles. The Bertz CT molecular complexity index is 1530. The lowest BCUT2D eigenvalue weighted by molar-refractivity contribution is 0.876. The van der Waals surface area contributed by atoms with Crippen molar-refractivity contribution in [2.24, 2.45) is 0 Å². The summed E-state index contributed by atoms with van der Waals surface area (Å²) in [7, 11) is 0. The van der Waals surface area contributed by atoms with Crippen molar-refractivity contribution in [1.82, 2.24) is 0 Å². The predicted molar refractivity (Wildman–Crippen MR) is 171 cm³/mol. The van der Waals surface area contributed by atoms with Crippen LogP contribution in [-0.4, -0.2) is 0 Å². The van der Waals surface area contributed by atoms with Crippen molar-refractivity contribution in [3.05, 3.63) is 120 Å². The molecule has 6 aromatic carbocycles. The zero-order valence-electron chi connectivity index (χ0n) is 20.5. The number of benzene rings is 6. The smallest absolute Gasteiger partial charge is 0.0143 e. The lowest BCUT2D eigenvalue weighted by Crippen LogP contribution is -1.92. The van der Waals surface area contributed by atoms with Crippen LogP contribution >= 0.6 is 0 Å². The zero-order chi connectivity index (χ0) is 23.7. The molecule has 0 spiro atoms. The monoisotopic (exact) mass is 488 g/mol. The molecule has 6 rings (SSSR count). The van der Waals surface area contributed by atoms with Gasteiger partial charge in [-0.2, -0.15) is 0 Å². The third kappa shape index (κ3) is 5.86. The first-order valence-electron chi connectivity index (χ1n) is 12.3.